The Hall–Kier alpha value is -0.723. The lowest BCUT2D eigenvalue weighted by Gasteiger charge is -2.19. The summed E-state index contributed by atoms with van der Waals surface area (Å²) in [5.74, 6) is 0.0143. The van der Waals surface area contributed by atoms with Crippen LogP contribution >= 0.6 is 0 Å². The molecule has 0 heterocycles. The molecule has 0 fully saturated rings. The number of carbonyl (C=O) groups excluding carboxylic acids is 2. The summed E-state index contributed by atoms with van der Waals surface area (Å²) in [5.41, 5.74) is 0. The molecule has 0 aliphatic carbocycles. The molecule has 88 valence electrons. The molecule has 0 bridgehead atoms. The highest BCUT2D eigenvalue weighted by Gasteiger charge is 2.24. The molecular weight excluding hydrogens is 212 g/mol. The van der Waals surface area contributed by atoms with E-state index in [0.717, 1.165) is 0 Å². The second-order valence-corrected chi connectivity index (χ2v) is 8.33. The Kier molecular flexibility index (Phi) is 6.38. The maximum Gasteiger partial charge on any atom is 0.220 e. The fourth-order valence-corrected chi connectivity index (χ4v) is 1.96. The molecule has 2 N–H and O–H groups in total. The first-order chi connectivity index (χ1) is 6.87. The zero-order chi connectivity index (χ0) is 11.9. The minimum absolute atomic E-state index is 0.0374. The number of nitrogens with one attached hydrogen (secondary N) is 2. The molecule has 0 aromatic rings. The average molecular weight is 232 g/mol. The molecule has 0 saturated heterocycles. The van der Waals surface area contributed by atoms with Crippen molar-refractivity contribution >= 4 is 20.0 Å². The predicted molar refractivity (Wildman–Crippen MR) is 61.0 cm³/mol. The van der Waals surface area contributed by atoms with Crippen LogP contribution in [-0.4, -0.2) is 40.3 Å². The monoisotopic (exact) mass is 232 g/mol. The van der Waals surface area contributed by atoms with Crippen LogP contribution in [0.15, 0.2) is 0 Å². The van der Waals surface area contributed by atoms with Gasteiger partial charge in [0.2, 0.25) is 5.91 Å². The van der Waals surface area contributed by atoms with E-state index in [4.69, 9.17) is 4.43 Å². The van der Waals surface area contributed by atoms with Crippen LogP contribution in [-0.2, 0) is 14.0 Å². The predicted octanol–water partition coefficient (Wildman–Crippen LogP) is 0.0902. The molecule has 6 heteroatoms. The summed E-state index contributed by atoms with van der Waals surface area (Å²) >= 11 is 0. The third kappa shape index (κ3) is 8.28. The topological polar surface area (TPSA) is 67.4 Å². The van der Waals surface area contributed by atoms with Crippen LogP contribution in [0, 0.1) is 0 Å². The van der Waals surface area contributed by atoms with Gasteiger partial charge in [-0.3, -0.25) is 14.9 Å². The first-order valence-electron chi connectivity index (χ1n) is 4.89. The number of hydrogen-bond acceptors (Lipinski definition) is 4. The molecule has 0 radical (unpaired) electrons. The molecule has 0 unspecified atom stereocenters. The van der Waals surface area contributed by atoms with Crippen LogP contribution in [0.3, 0.4) is 0 Å². The Morgan fingerprint density at radius 2 is 1.93 bits per heavy atom. The highest BCUT2D eigenvalue weighted by Crippen LogP contribution is 2.08. The molecule has 0 aromatic carbocycles. The highest BCUT2D eigenvalue weighted by molar-refractivity contribution is 6.74. The minimum atomic E-state index is -1.83. The van der Waals surface area contributed by atoms with Gasteiger partial charge in [0.25, 0.3) is 0 Å². The molecule has 0 aliphatic heterocycles. The second-order valence-electron chi connectivity index (χ2n) is 4.05. The average Bonchev–Trinajstić information content (AvgIpc) is 2.11. The van der Waals surface area contributed by atoms with E-state index in [1.165, 1.54) is 6.92 Å². The lowest BCUT2D eigenvalue weighted by Crippen LogP contribution is -2.41. The summed E-state index contributed by atoms with van der Waals surface area (Å²) < 4.78 is 5.26. The quantitative estimate of drug-likeness (QED) is 0.371. The zero-order valence-electron chi connectivity index (χ0n) is 9.85. The van der Waals surface area contributed by atoms with Crippen molar-refractivity contribution < 1.29 is 14.0 Å². The van der Waals surface area contributed by atoms with Crippen LogP contribution in [0.4, 0.5) is 0 Å². The number of amides is 1. The van der Waals surface area contributed by atoms with Gasteiger partial charge in [-0.15, -0.1) is 0 Å². The number of carbonyl (C=O) groups is 2. The molecule has 1 amide bonds. The van der Waals surface area contributed by atoms with Crippen molar-refractivity contribution in [2.24, 2.45) is 0 Å². The van der Waals surface area contributed by atoms with Crippen molar-refractivity contribution in [2.75, 3.05) is 20.3 Å². The van der Waals surface area contributed by atoms with Gasteiger partial charge in [-0.1, -0.05) is 0 Å². The zero-order valence-corrected chi connectivity index (χ0v) is 10.8. The van der Waals surface area contributed by atoms with Gasteiger partial charge in [-0.05, 0) is 20.0 Å². The standard InChI is InChI=1S/C9H20N2O3Si/c1-8(12)5-10-7-11-9(13)6-15(3,4)14-2/h10H,5-7H2,1-4H3,(H,11,13). The maximum atomic E-state index is 11.4. The van der Waals surface area contributed by atoms with Gasteiger partial charge >= 0.3 is 0 Å². The lowest BCUT2D eigenvalue weighted by molar-refractivity contribution is -0.120. The maximum absolute atomic E-state index is 11.4. The molecule has 0 atom stereocenters. The Labute approximate surface area is 91.7 Å². The van der Waals surface area contributed by atoms with Gasteiger partial charge in [-0.25, -0.2) is 0 Å². The van der Waals surface area contributed by atoms with Gasteiger partial charge in [0, 0.05) is 13.2 Å². The Balaban J connectivity index is 3.62. The Morgan fingerprint density at radius 3 is 2.40 bits per heavy atom. The highest BCUT2D eigenvalue weighted by atomic mass is 28.4. The van der Waals surface area contributed by atoms with E-state index >= 15 is 0 Å². The third-order valence-corrected chi connectivity index (χ3v) is 4.20. The van der Waals surface area contributed by atoms with E-state index in [1.807, 2.05) is 13.1 Å². The number of rotatable bonds is 7. The van der Waals surface area contributed by atoms with Crippen LogP contribution in [0.2, 0.25) is 19.1 Å². The van der Waals surface area contributed by atoms with Gasteiger partial charge in [-0.2, -0.15) is 0 Å². The summed E-state index contributed by atoms with van der Waals surface area (Å²) in [6.45, 7) is 6.07. The van der Waals surface area contributed by atoms with Crippen molar-refractivity contribution in [3.63, 3.8) is 0 Å². The summed E-state index contributed by atoms with van der Waals surface area (Å²) in [6.07, 6.45) is 0. The first kappa shape index (κ1) is 14.3. The number of ketones is 1. The van der Waals surface area contributed by atoms with E-state index in [-0.39, 0.29) is 18.2 Å². The molecule has 0 spiro atoms. The van der Waals surface area contributed by atoms with E-state index in [0.29, 0.717) is 12.7 Å². The van der Waals surface area contributed by atoms with Gasteiger partial charge in [0.15, 0.2) is 8.32 Å². The fourth-order valence-electron chi connectivity index (χ4n) is 0.921. The van der Waals surface area contributed by atoms with E-state index in [1.54, 1.807) is 7.11 Å². The molecule has 0 saturated carbocycles. The van der Waals surface area contributed by atoms with Crippen LogP contribution < -0.4 is 10.6 Å². The van der Waals surface area contributed by atoms with Crippen molar-refractivity contribution in [1.82, 2.24) is 10.6 Å². The van der Waals surface area contributed by atoms with E-state index < -0.39 is 8.32 Å². The Morgan fingerprint density at radius 1 is 1.33 bits per heavy atom. The van der Waals surface area contributed by atoms with Gasteiger partial charge in [0.05, 0.1) is 13.2 Å². The first-order valence-corrected chi connectivity index (χ1v) is 8.01. The van der Waals surface area contributed by atoms with Gasteiger partial charge in [0.1, 0.15) is 5.78 Å². The minimum Gasteiger partial charge on any atom is -0.420 e. The molecule has 5 nitrogen and oxygen atoms in total. The van der Waals surface area contributed by atoms with Crippen LogP contribution in [0.1, 0.15) is 6.92 Å². The summed E-state index contributed by atoms with van der Waals surface area (Å²) in [6, 6.07) is 0.436. The Bertz CT molecular complexity index is 231. The second kappa shape index (κ2) is 6.70. The smallest absolute Gasteiger partial charge is 0.220 e. The number of Topliss-reactive ketones (excluding diaryl/α,β-unsaturated/α-hetero) is 1. The van der Waals surface area contributed by atoms with Crippen molar-refractivity contribution in [3.05, 3.63) is 0 Å². The SMILES string of the molecule is CO[Si](C)(C)CC(=O)NCNCC(C)=O. The van der Waals surface area contributed by atoms with Crippen molar-refractivity contribution in [2.45, 2.75) is 26.1 Å². The van der Waals surface area contributed by atoms with E-state index in [2.05, 4.69) is 10.6 Å². The summed E-state index contributed by atoms with van der Waals surface area (Å²) in [5, 5.41) is 5.49. The normalized spacial score (nSPS) is 11.2. The van der Waals surface area contributed by atoms with Crippen molar-refractivity contribution in [1.29, 1.82) is 0 Å². The molecule has 15 heavy (non-hydrogen) atoms. The van der Waals surface area contributed by atoms with Crippen LogP contribution in [0.25, 0.3) is 0 Å². The largest absolute Gasteiger partial charge is 0.420 e. The van der Waals surface area contributed by atoms with Crippen LogP contribution in [0.5, 0.6) is 0 Å². The molecule has 0 aromatic heterocycles. The van der Waals surface area contributed by atoms with E-state index in [9.17, 15) is 9.59 Å². The molecule has 0 rings (SSSR count). The fraction of sp³-hybridized carbons (Fsp3) is 0.778. The summed E-state index contributed by atoms with van der Waals surface area (Å²) in [7, 11) is -0.197. The third-order valence-electron chi connectivity index (χ3n) is 1.92. The summed E-state index contributed by atoms with van der Waals surface area (Å²) in [4.78, 5) is 22.0. The van der Waals surface area contributed by atoms with Gasteiger partial charge < -0.3 is 9.74 Å². The number of hydrogen-bond donors (Lipinski definition) is 2. The van der Waals surface area contributed by atoms with Crippen molar-refractivity contribution in [3.8, 4) is 0 Å². The molecule has 0 aliphatic rings. The lowest BCUT2D eigenvalue weighted by atomic mass is 10.4. The molecular formula is C9H20N2O3Si.